The van der Waals surface area contributed by atoms with Gasteiger partial charge in [0.05, 0.1) is 6.61 Å². The molecule has 0 radical (unpaired) electrons. The number of rotatable bonds is 38. The molecule has 0 saturated carbocycles. The Morgan fingerprint density at radius 1 is 0.586 bits per heavy atom. The third kappa shape index (κ3) is 30.2. The molecule has 58 heavy (non-hydrogen) atoms. The second-order valence-corrected chi connectivity index (χ2v) is 17.6. The van der Waals surface area contributed by atoms with Crippen LogP contribution in [0.3, 0.4) is 0 Å². The molecule has 4 N–H and O–H groups in total. The van der Waals surface area contributed by atoms with Gasteiger partial charge in [0.15, 0.2) is 12.4 Å². The van der Waals surface area contributed by atoms with E-state index in [1.807, 2.05) is 0 Å². The van der Waals surface area contributed by atoms with Crippen molar-refractivity contribution in [3.63, 3.8) is 0 Å². The predicted molar refractivity (Wildman–Crippen MR) is 229 cm³/mol. The predicted octanol–water partition coefficient (Wildman–Crippen LogP) is 9.23. The minimum absolute atomic E-state index is 0.124. The van der Waals surface area contributed by atoms with Gasteiger partial charge in [0.2, 0.25) is 0 Å². The van der Waals surface area contributed by atoms with Crippen molar-refractivity contribution < 1.29 is 56.8 Å². The number of carbonyl (C=O) groups is 2. The van der Waals surface area contributed by atoms with Crippen molar-refractivity contribution in [3.05, 3.63) is 24.3 Å². The zero-order chi connectivity index (χ0) is 42.7. The first-order valence-corrected chi connectivity index (χ1v) is 24.5. The molecule has 1 rings (SSSR count). The topological polar surface area (TPSA) is 186 Å². The quantitative estimate of drug-likeness (QED) is 0.0200. The minimum atomic E-state index is -4.60. The molecular weight excluding hydrogens is 765 g/mol. The average Bonchev–Trinajstić information content (AvgIpc) is 3.18. The van der Waals surface area contributed by atoms with E-state index in [1.54, 1.807) is 0 Å². The van der Waals surface area contributed by atoms with Crippen molar-refractivity contribution in [1.82, 2.24) is 0 Å². The Morgan fingerprint density at radius 2 is 1.03 bits per heavy atom. The Labute approximate surface area is 351 Å². The summed E-state index contributed by atoms with van der Waals surface area (Å²) in [6, 6.07) is 0. The average molecular weight is 847 g/mol. The van der Waals surface area contributed by atoms with Crippen LogP contribution in [0.4, 0.5) is 0 Å². The van der Waals surface area contributed by atoms with Gasteiger partial charge in [-0.3, -0.25) is 14.1 Å². The zero-order valence-electron chi connectivity index (χ0n) is 36.2. The largest absolute Gasteiger partial charge is 0.462 e. The number of ether oxygens (including phenoxy) is 4. The Balaban J connectivity index is 2.46. The van der Waals surface area contributed by atoms with E-state index in [1.165, 1.54) is 109 Å². The maximum absolute atomic E-state index is 12.8. The number of esters is 2. The van der Waals surface area contributed by atoms with Crippen molar-refractivity contribution in [3.8, 4) is 0 Å². The standard InChI is InChI=1S/C45H82O12S/c1-3-5-7-9-11-13-15-17-19-21-23-25-27-29-31-33-40(46)54-35-38(36-55-45-44(50)43(49)42(48)39(57-45)37-58(51,52)53)56-41(47)34-32-30-28-26-24-22-20-18-16-14-12-10-8-6-4-2/h18,20,24,26,38-39,42-45,48-50H,3-17,19,21-23,25,27-37H2,1-2H3,(H,51,52,53)/b20-18+,26-24+/t38-,39-,42-,43?,44?,45+/m1/s1. The van der Waals surface area contributed by atoms with Gasteiger partial charge >= 0.3 is 11.9 Å². The van der Waals surface area contributed by atoms with E-state index in [-0.39, 0.29) is 19.4 Å². The lowest BCUT2D eigenvalue weighted by Crippen LogP contribution is -2.60. The van der Waals surface area contributed by atoms with Crippen molar-refractivity contribution in [1.29, 1.82) is 0 Å². The highest BCUT2D eigenvalue weighted by Gasteiger charge is 2.46. The van der Waals surface area contributed by atoms with Crippen LogP contribution >= 0.6 is 0 Å². The van der Waals surface area contributed by atoms with Crippen molar-refractivity contribution in [2.45, 2.75) is 230 Å². The van der Waals surface area contributed by atoms with Crippen LogP contribution in [0.15, 0.2) is 24.3 Å². The fourth-order valence-electron chi connectivity index (χ4n) is 6.94. The van der Waals surface area contributed by atoms with Crippen LogP contribution in [-0.4, -0.2) is 96.0 Å². The third-order valence-electron chi connectivity index (χ3n) is 10.5. The highest BCUT2D eigenvalue weighted by Crippen LogP contribution is 2.24. The fourth-order valence-corrected chi connectivity index (χ4v) is 7.63. The Kier molecular flexibility index (Phi) is 33.5. The molecule has 2 unspecified atom stereocenters. The summed E-state index contributed by atoms with van der Waals surface area (Å²) in [6.45, 7) is 3.73. The molecule has 340 valence electrons. The Hall–Kier alpha value is -1.87. The van der Waals surface area contributed by atoms with Crippen LogP contribution in [-0.2, 0) is 38.7 Å². The van der Waals surface area contributed by atoms with Gasteiger partial charge in [-0.1, -0.05) is 160 Å². The summed E-state index contributed by atoms with van der Waals surface area (Å²) in [5.41, 5.74) is 0. The normalized spacial score (nSPS) is 20.6. The molecule has 0 aromatic rings. The molecule has 1 heterocycles. The Morgan fingerprint density at radius 3 is 1.55 bits per heavy atom. The summed E-state index contributed by atoms with van der Waals surface area (Å²) in [5, 5.41) is 30.9. The van der Waals surface area contributed by atoms with Gasteiger partial charge in [-0.15, -0.1) is 0 Å². The van der Waals surface area contributed by atoms with Crippen LogP contribution in [0.2, 0.25) is 0 Å². The summed E-state index contributed by atoms with van der Waals surface area (Å²) in [5.74, 6) is -2.02. The van der Waals surface area contributed by atoms with Gasteiger partial charge in [0, 0.05) is 12.8 Å². The molecule has 0 amide bonds. The van der Waals surface area contributed by atoms with E-state index in [0.29, 0.717) is 12.8 Å². The zero-order valence-corrected chi connectivity index (χ0v) is 37.0. The monoisotopic (exact) mass is 847 g/mol. The van der Waals surface area contributed by atoms with Crippen LogP contribution in [0.1, 0.15) is 194 Å². The fraction of sp³-hybridized carbons (Fsp3) is 0.867. The van der Waals surface area contributed by atoms with Crippen molar-refractivity contribution in [2.75, 3.05) is 19.0 Å². The van der Waals surface area contributed by atoms with Crippen LogP contribution in [0.25, 0.3) is 0 Å². The summed E-state index contributed by atoms with van der Waals surface area (Å²) in [4.78, 5) is 25.4. The number of aliphatic hydroxyl groups is 3. The van der Waals surface area contributed by atoms with Crippen LogP contribution in [0.5, 0.6) is 0 Å². The lowest BCUT2D eigenvalue weighted by Gasteiger charge is -2.40. The van der Waals surface area contributed by atoms with E-state index < -0.39 is 71.2 Å². The Bertz CT molecular complexity index is 1180. The smallest absolute Gasteiger partial charge is 0.306 e. The van der Waals surface area contributed by atoms with E-state index in [4.69, 9.17) is 18.9 Å². The summed E-state index contributed by atoms with van der Waals surface area (Å²) < 4.78 is 54.0. The lowest BCUT2D eigenvalue weighted by molar-refractivity contribution is -0.297. The van der Waals surface area contributed by atoms with Gasteiger partial charge in [-0.25, -0.2) is 0 Å². The number of hydrogen-bond acceptors (Lipinski definition) is 11. The molecule has 0 aromatic carbocycles. The van der Waals surface area contributed by atoms with Gasteiger partial charge in [0.25, 0.3) is 10.1 Å². The van der Waals surface area contributed by atoms with Gasteiger partial charge < -0.3 is 34.3 Å². The van der Waals surface area contributed by atoms with Gasteiger partial charge in [0.1, 0.15) is 36.8 Å². The highest BCUT2D eigenvalue weighted by molar-refractivity contribution is 7.85. The van der Waals surface area contributed by atoms with E-state index in [2.05, 4.69) is 38.2 Å². The minimum Gasteiger partial charge on any atom is -0.462 e. The highest BCUT2D eigenvalue weighted by atomic mass is 32.2. The second-order valence-electron chi connectivity index (χ2n) is 16.1. The molecule has 0 spiro atoms. The maximum Gasteiger partial charge on any atom is 0.306 e. The SMILES string of the molecule is CCCCCCCC/C=C/C/C=C/CCCCC(=O)O[C@H](COC(=O)CCCCCCCCCCCCCCCCC)CO[C@H]1O[C@H](CS(=O)(=O)O)[C@@H](O)C(O)C1O. The number of carbonyl (C=O) groups excluding carboxylic acids is 2. The molecule has 13 heteroatoms. The first kappa shape index (κ1) is 54.1. The third-order valence-corrected chi connectivity index (χ3v) is 11.3. The number of allylic oxidation sites excluding steroid dienone is 4. The van der Waals surface area contributed by atoms with Crippen LogP contribution in [0, 0.1) is 0 Å². The first-order valence-electron chi connectivity index (χ1n) is 22.9. The lowest BCUT2D eigenvalue weighted by atomic mass is 10.00. The van der Waals surface area contributed by atoms with Gasteiger partial charge in [-0.2, -0.15) is 8.42 Å². The summed E-state index contributed by atoms with van der Waals surface area (Å²) in [7, 11) is -4.60. The molecule has 12 nitrogen and oxygen atoms in total. The summed E-state index contributed by atoms with van der Waals surface area (Å²) >= 11 is 0. The summed E-state index contributed by atoms with van der Waals surface area (Å²) in [6.07, 6.45) is 29.4. The molecule has 1 aliphatic rings. The van der Waals surface area contributed by atoms with Gasteiger partial charge in [-0.05, 0) is 44.9 Å². The molecule has 0 aromatic heterocycles. The molecule has 1 saturated heterocycles. The molecule has 0 bridgehead atoms. The molecule has 1 aliphatic heterocycles. The molecule has 6 atom stereocenters. The number of hydrogen-bond donors (Lipinski definition) is 4. The van der Waals surface area contributed by atoms with E-state index in [0.717, 1.165) is 44.9 Å². The molecule has 0 aliphatic carbocycles. The second kappa shape index (κ2) is 35.8. The molecular formula is C45H82O12S. The first-order chi connectivity index (χ1) is 28.0. The number of aliphatic hydroxyl groups excluding tert-OH is 3. The van der Waals surface area contributed by atoms with Crippen LogP contribution < -0.4 is 0 Å². The van der Waals surface area contributed by atoms with Crippen molar-refractivity contribution >= 4 is 22.1 Å². The van der Waals surface area contributed by atoms with E-state index >= 15 is 0 Å². The maximum atomic E-state index is 12.8. The molecule has 1 fully saturated rings. The van der Waals surface area contributed by atoms with E-state index in [9.17, 15) is 37.9 Å². The van der Waals surface area contributed by atoms with Crippen molar-refractivity contribution in [2.24, 2.45) is 0 Å². The number of unbranched alkanes of at least 4 members (excludes halogenated alkanes) is 22.